The van der Waals surface area contributed by atoms with Crippen LogP contribution < -0.4 is 4.90 Å². The van der Waals surface area contributed by atoms with Crippen molar-refractivity contribution in [2.24, 2.45) is 5.41 Å². The molecule has 1 saturated carbocycles. The van der Waals surface area contributed by atoms with Gasteiger partial charge in [0.2, 0.25) is 0 Å². The molecule has 7 rings (SSSR count). The number of benzene rings is 3. The molecule has 0 spiro atoms. The molecule has 4 aliphatic rings. The van der Waals surface area contributed by atoms with Crippen LogP contribution in [-0.2, 0) is 6.42 Å². The zero-order chi connectivity index (χ0) is 33.3. The van der Waals surface area contributed by atoms with E-state index in [0.717, 1.165) is 68.0 Å². The summed E-state index contributed by atoms with van der Waals surface area (Å²) in [7, 11) is 0. The van der Waals surface area contributed by atoms with Gasteiger partial charge in [-0.05, 0) is 117 Å². The van der Waals surface area contributed by atoms with Gasteiger partial charge in [0.1, 0.15) is 5.82 Å². The topological polar surface area (TPSA) is 64.0 Å². The first-order valence-corrected chi connectivity index (χ1v) is 16.9. The number of fused-ring (bicyclic) bond motifs is 8. The molecular formula is C39H45F3N2O3. The van der Waals surface area contributed by atoms with Crippen LogP contribution in [0, 0.1) is 22.9 Å². The highest BCUT2D eigenvalue weighted by Gasteiger charge is 2.57. The average molecular weight is 647 g/mol. The van der Waals surface area contributed by atoms with Crippen LogP contribution in [0.1, 0.15) is 85.3 Å². The molecule has 2 bridgehead atoms. The van der Waals surface area contributed by atoms with E-state index in [1.807, 2.05) is 18.2 Å². The van der Waals surface area contributed by atoms with E-state index in [1.54, 1.807) is 12.1 Å². The summed E-state index contributed by atoms with van der Waals surface area (Å²) in [6.07, 6.45) is 6.04. The number of allylic oxidation sites excluding steroid dienone is 2. The monoisotopic (exact) mass is 646 g/mol. The molecule has 3 aromatic rings. The molecule has 3 aliphatic carbocycles. The SMILES string of the molecule is CC1=CCC[C@@]2(C)[C@@H](CC[C@@]2(O)CN2CCN(c3ccc(F)cc3)CC2)c2ccc(cc2C(=O)c2ccc(F)c(F)c2)C[C@@H](O)CC1. The number of aliphatic hydroxyl groups excluding tert-OH is 1. The molecule has 250 valence electrons. The number of halogens is 3. The van der Waals surface area contributed by atoms with Crippen LogP contribution in [0.5, 0.6) is 0 Å². The number of nitrogens with zero attached hydrogens (tertiary/aromatic N) is 2. The Labute approximate surface area is 275 Å². The Morgan fingerprint density at radius 3 is 2.38 bits per heavy atom. The summed E-state index contributed by atoms with van der Waals surface area (Å²) in [5, 5.41) is 23.5. The van der Waals surface area contributed by atoms with Crippen molar-refractivity contribution in [2.45, 2.75) is 76.4 Å². The van der Waals surface area contributed by atoms with Gasteiger partial charge in [-0.1, -0.05) is 30.7 Å². The third kappa shape index (κ3) is 6.92. The number of aliphatic hydroxyl groups is 2. The number of hydrogen-bond acceptors (Lipinski definition) is 5. The second kappa shape index (κ2) is 13.6. The first-order chi connectivity index (χ1) is 22.5. The largest absolute Gasteiger partial charge is 0.393 e. The Balaban J connectivity index is 1.33. The van der Waals surface area contributed by atoms with Gasteiger partial charge in [-0.15, -0.1) is 0 Å². The summed E-state index contributed by atoms with van der Waals surface area (Å²) >= 11 is 0. The molecule has 8 heteroatoms. The standard InChI is InChI=1S/C39H45F3N2O3/c1-26-4-3-16-38(2)34(15-17-39(38,47)25-43-18-20-44(21-19-43)30-10-8-29(40)9-11-30)32-13-6-27(22-31(45)12-5-26)23-33(32)37(46)28-7-14-35(41)36(42)24-28/h4,6-11,13-14,23-24,31,34,45,47H,3,5,12,15-22,25H2,1-2H3/t31-,34-,38-,39+/m0/s1. The van der Waals surface area contributed by atoms with Crippen LogP contribution in [0.4, 0.5) is 18.9 Å². The van der Waals surface area contributed by atoms with Crippen molar-refractivity contribution < 1.29 is 28.2 Å². The van der Waals surface area contributed by atoms with Gasteiger partial charge in [0.05, 0.1) is 11.7 Å². The third-order valence-corrected chi connectivity index (χ3v) is 11.1. The summed E-state index contributed by atoms with van der Waals surface area (Å²) in [5.41, 5.74) is 2.66. The van der Waals surface area contributed by atoms with Crippen molar-refractivity contribution in [1.82, 2.24) is 4.90 Å². The first kappa shape index (κ1) is 33.4. The van der Waals surface area contributed by atoms with Gasteiger partial charge in [0, 0.05) is 55.0 Å². The van der Waals surface area contributed by atoms with Gasteiger partial charge in [0.25, 0.3) is 0 Å². The molecular weight excluding hydrogens is 601 g/mol. The zero-order valence-electron chi connectivity index (χ0n) is 27.3. The molecule has 0 radical (unpaired) electrons. The second-order valence-corrected chi connectivity index (χ2v) is 14.1. The highest BCUT2D eigenvalue weighted by molar-refractivity contribution is 6.10. The predicted octanol–water partition coefficient (Wildman–Crippen LogP) is 7.20. The summed E-state index contributed by atoms with van der Waals surface area (Å²) < 4.78 is 41.6. The number of piperazine rings is 1. The van der Waals surface area contributed by atoms with Crippen molar-refractivity contribution in [3.8, 4) is 0 Å². The van der Waals surface area contributed by atoms with Crippen LogP contribution >= 0.6 is 0 Å². The van der Waals surface area contributed by atoms with Crippen molar-refractivity contribution >= 4 is 11.5 Å². The van der Waals surface area contributed by atoms with E-state index < -0.39 is 34.5 Å². The highest BCUT2D eigenvalue weighted by Crippen LogP contribution is 2.59. The van der Waals surface area contributed by atoms with Crippen molar-refractivity contribution in [3.05, 3.63) is 112 Å². The predicted molar refractivity (Wildman–Crippen MR) is 178 cm³/mol. The molecule has 3 aromatic carbocycles. The lowest BCUT2D eigenvalue weighted by atomic mass is 9.64. The number of rotatable bonds is 5. The van der Waals surface area contributed by atoms with Gasteiger partial charge >= 0.3 is 0 Å². The lowest BCUT2D eigenvalue weighted by Crippen LogP contribution is -2.56. The number of carbonyl (C=O) groups excluding carboxylic acids is 1. The summed E-state index contributed by atoms with van der Waals surface area (Å²) in [5.74, 6) is -2.90. The van der Waals surface area contributed by atoms with E-state index in [1.165, 1.54) is 23.8 Å². The number of β-amino-alcohol motifs (C(OH)–C–C–N with tert-alkyl or cyclic N) is 1. The molecule has 0 amide bonds. The average Bonchev–Trinajstić information content (AvgIpc) is 3.30. The summed E-state index contributed by atoms with van der Waals surface area (Å²) in [6.45, 7) is 7.79. The highest BCUT2D eigenvalue weighted by atomic mass is 19.2. The molecule has 2 fully saturated rings. The summed E-state index contributed by atoms with van der Waals surface area (Å²) in [6, 6.07) is 15.5. The molecule has 5 nitrogen and oxygen atoms in total. The minimum absolute atomic E-state index is 0.0662. The van der Waals surface area contributed by atoms with E-state index >= 15 is 0 Å². The van der Waals surface area contributed by atoms with Gasteiger partial charge in [-0.3, -0.25) is 9.69 Å². The maximum Gasteiger partial charge on any atom is 0.193 e. The Morgan fingerprint density at radius 2 is 1.66 bits per heavy atom. The van der Waals surface area contributed by atoms with E-state index in [-0.39, 0.29) is 17.3 Å². The number of anilines is 1. The smallest absolute Gasteiger partial charge is 0.193 e. The fraction of sp³-hybridized carbons (Fsp3) is 0.462. The van der Waals surface area contributed by atoms with E-state index in [9.17, 15) is 28.2 Å². The molecule has 0 aromatic heterocycles. The molecule has 0 unspecified atom stereocenters. The van der Waals surface area contributed by atoms with E-state index in [4.69, 9.17) is 0 Å². The van der Waals surface area contributed by atoms with Gasteiger partial charge in [-0.25, -0.2) is 13.2 Å². The van der Waals surface area contributed by atoms with Crippen LogP contribution in [0.2, 0.25) is 0 Å². The normalized spacial score (nSPS) is 27.3. The Kier molecular flexibility index (Phi) is 9.66. The molecule has 4 atom stereocenters. The number of carbonyl (C=O) groups is 1. The van der Waals surface area contributed by atoms with Crippen molar-refractivity contribution in [1.29, 1.82) is 0 Å². The Bertz CT molecular complexity index is 1630. The maximum atomic E-state index is 14.3. The maximum absolute atomic E-state index is 14.3. The second-order valence-electron chi connectivity index (χ2n) is 14.1. The van der Waals surface area contributed by atoms with Crippen LogP contribution in [0.25, 0.3) is 0 Å². The van der Waals surface area contributed by atoms with Gasteiger partial charge in [0.15, 0.2) is 17.4 Å². The van der Waals surface area contributed by atoms with Crippen molar-refractivity contribution in [2.75, 3.05) is 37.6 Å². The lowest BCUT2D eigenvalue weighted by Gasteiger charge is -2.47. The van der Waals surface area contributed by atoms with Crippen LogP contribution in [0.3, 0.4) is 0 Å². The molecule has 1 heterocycles. The molecule has 47 heavy (non-hydrogen) atoms. The molecule has 1 aliphatic heterocycles. The molecule has 2 N–H and O–H groups in total. The first-order valence-electron chi connectivity index (χ1n) is 16.9. The zero-order valence-corrected chi connectivity index (χ0v) is 27.3. The lowest BCUT2D eigenvalue weighted by molar-refractivity contribution is -0.0841. The Hall–Kier alpha value is -3.46. The minimum Gasteiger partial charge on any atom is -0.393 e. The van der Waals surface area contributed by atoms with Crippen LogP contribution in [0.15, 0.2) is 72.3 Å². The number of hydrogen-bond donors (Lipinski definition) is 2. The number of ketones is 1. The third-order valence-electron chi connectivity index (χ3n) is 11.1. The Morgan fingerprint density at radius 1 is 0.915 bits per heavy atom. The molecule has 1 saturated heterocycles. The van der Waals surface area contributed by atoms with Crippen molar-refractivity contribution in [3.63, 3.8) is 0 Å². The quantitative estimate of drug-likeness (QED) is 0.227. The van der Waals surface area contributed by atoms with Gasteiger partial charge in [-0.2, -0.15) is 0 Å². The van der Waals surface area contributed by atoms with Crippen LogP contribution in [-0.4, -0.2) is 65.3 Å². The summed E-state index contributed by atoms with van der Waals surface area (Å²) in [4.78, 5) is 18.6. The van der Waals surface area contributed by atoms with Gasteiger partial charge < -0.3 is 15.1 Å². The fourth-order valence-corrected chi connectivity index (χ4v) is 8.18. The minimum atomic E-state index is -1.08. The van der Waals surface area contributed by atoms with E-state index in [2.05, 4.69) is 29.7 Å². The fourth-order valence-electron chi connectivity index (χ4n) is 8.18. The van der Waals surface area contributed by atoms with E-state index in [0.29, 0.717) is 44.2 Å².